The minimum atomic E-state index is -0.998. The van der Waals surface area contributed by atoms with Gasteiger partial charge in [0.2, 0.25) is 0 Å². The predicted molar refractivity (Wildman–Crippen MR) is 83.1 cm³/mol. The molecule has 2 saturated heterocycles. The lowest BCUT2D eigenvalue weighted by Gasteiger charge is -2.07. The largest absolute Gasteiger partial charge is 0.465 e. The van der Waals surface area contributed by atoms with Gasteiger partial charge in [0.15, 0.2) is 0 Å². The number of esters is 2. The van der Waals surface area contributed by atoms with Gasteiger partial charge in [-0.15, -0.1) is 0 Å². The van der Waals surface area contributed by atoms with E-state index in [1.165, 1.54) is 0 Å². The molecule has 22 heavy (non-hydrogen) atoms. The van der Waals surface area contributed by atoms with Crippen molar-refractivity contribution in [1.82, 2.24) is 0 Å². The summed E-state index contributed by atoms with van der Waals surface area (Å²) in [6.07, 6.45) is 2.27. The van der Waals surface area contributed by atoms with Gasteiger partial charge in [-0.25, -0.2) is 0 Å². The number of hydrogen-bond acceptors (Lipinski definition) is 6. The number of carbonyl (C=O) groups excluding carboxylic acids is 2. The van der Waals surface area contributed by atoms with E-state index in [9.17, 15) is 18.0 Å². The molecule has 2 fully saturated rings. The third-order valence-electron chi connectivity index (χ3n) is 3.92. The molecule has 0 radical (unpaired) electrons. The maximum absolute atomic E-state index is 11.9. The Balaban J connectivity index is 1.52. The Bertz CT molecular complexity index is 422. The summed E-state index contributed by atoms with van der Waals surface area (Å²) in [5.41, 5.74) is 0. The lowest BCUT2D eigenvalue weighted by atomic mass is 10.1. The smallest absolute Gasteiger partial charge is 0.306 e. The highest BCUT2D eigenvalue weighted by atomic mass is 32.2. The first kappa shape index (κ1) is 17.6. The molecule has 0 aliphatic carbocycles. The van der Waals surface area contributed by atoms with Crippen molar-refractivity contribution in [3.63, 3.8) is 0 Å². The fourth-order valence-corrected chi connectivity index (χ4v) is 5.57. The van der Waals surface area contributed by atoms with Gasteiger partial charge in [-0.2, -0.15) is 0 Å². The zero-order valence-electron chi connectivity index (χ0n) is 12.5. The van der Waals surface area contributed by atoms with Gasteiger partial charge in [0, 0.05) is 56.4 Å². The molecule has 4 atom stereocenters. The van der Waals surface area contributed by atoms with E-state index >= 15 is 0 Å². The first-order valence-corrected chi connectivity index (χ1v) is 10.5. The van der Waals surface area contributed by atoms with Crippen LogP contribution in [0.15, 0.2) is 0 Å². The van der Waals surface area contributed by atoms with Crippen molar-refractivity contribution < 1.29 is 27.5 Å². The van der Waals surface area contributed by atoms with Crippen LogP contribution in [-0.4, -0.2) is 56.6 Å². The zero-order chi connectivity index (χ0) is 15.9. The maximum Gasteiger partial charge on any atom is 0.306 e. The van der Waals surface area contributed by atoms with Gasteiger partial charge >= 0.3 is 11.9 Å². The number of cyclic esters (lactones) is 2. The van der Waals surface area contributed by atoms with Crippen molar-refractivity contribution in [3.8, 4) is 0 Å². The summed E-state index contributed by atoms with van der Waals surface area (Å²) in [5.74, 6) is 1.93. The second-order valence-corrected chi connectivity index (χ2v) is 9.17. The van der Waals surface area contributed by atoms with E-state index in [0.717, 1.165) is 0 Å². The fourth-order valence-electron chi connectivity index (χ4n) is 2.49. The van der Waals surface area contributed by atoms with Gasteiger partial charge in [-0.3, -0.25) is 18.0 Å². The van der Waals surface area contributed by atoms with Crippen LogP contribution in [0.3, 0.4) is 0 Å². The predicted octanol–water partition coefficient (Wildman–Crippen LogP) is 0.390. The second-order valence-electron chi connectivity index (χ2n) is 5.78. The van der Waals surface area contributed by atoms with Crippen molar-refractivity contribution >= 4 is 33.5 Å². The van der Waals surface area contributed by atoms with E-state index in [4.69, 9.17) is 9.47 Å². The lowest BCUT2D eigenvalue weighted by Crippen LogP contribution is -2.16. The Morgan fingerprint density at radius 3 is 1.50 bits per heavy atom. The molecule has 0 amide bonds. The Labute approximate surface area is 135 Å². The van der Waals surface area contributed by atoms with Crippen molar-refractivity contribution in [2.24, 2.45) is 11.8 Å². The molecule has 126 valence electrons. The molecule has 2 aliphatic heterocycles. The van der Waals surface area contributed by atoms with Gasteiger partial charge < -0.3 is 9.47 Å². The highest BCUT2D eigenvalue weighted by Gasteiger charge is 2.25. The summed E-state index contributed by atoms with van der Waals surface area (Å²) in [4.78, 5) is 21.9. The molecule has 2 heterocycles. The van der Waals surface area contributed by atoms with Crippen LogP contribution in [0, 0.1) is 11.8 Å². The maximum atomic E-state index is 11.9. The van der Waals surface area contributed by atoms with Gasteiger partial charge in [0.05, 0.1) is 26.1 Å². The Hall–Kier alpha value is -0.760. The van der Waals surface area contributed by atoms with Crippen LogP contribution in [-0.2, 0) is 40.7 Å². The minimum absolute atomic E-state index is 0.175. The first-order chi connectivity index (χ1) is 10.5. The molecule has 6 nitrogen and oxygen atoms in total. The molecule has 0 aromatic carbocycles. The Morgan fingerprint density at radius 1 is 0.773 bits per heavy atom. The van der Waals surface area contributed by atoms with Crippen LogP contribution in [0.5, 0.6) is 0 Å². The summed E-state index contributed by atoms with van der Waals surface area (Å²) in [6, 6.07) is 0. The third-order valence-corrected chi connectivity index (χ3v) is 6.88. The van der Waals surface area contributed by atoms with Gasteiger partial charge in [0.25, 0.3) is 0 Å². The van der Waals surface area contributed by atoms with Crippen molar-refractivity contribution in [1.29, 1.82) is 0 Å². The molecule has 0 N–H and O–H groups in total. The highest BCUT2D eigenvalue weighted by Crippen LogP contribution is 2.19. The van der Waals surface area contributed by atoms with Crippen LogP contribution in [0.2, 0.25) is 0 Å². The van der Waals surface area contributed by atoms with Crippen LogP contribution < -0.4 is 0 Å². The standard InChI is InChI=1S/C14H22O6S2/c15-13-7-11(9-19-13)1-3-21(17)5-6-22(18)4-2-12-8-14(16)20-10-12/h11-12H,1-10H2. The SMILES string of the molecule is O=C1CC(CCS(=O)CCS(=O)CCC2COC(=O)C2)CO1. The molecule has 0 aromatic heterocycles. The molecule has 0 saturated carbocycles. The van der Waals surface area contributed by atoms with Crippen molar-refractivity contribution in [3.05, 3.63) is 0 Å². The van der Waals surface area contributed by atoms with Crippen LogP contribution >= 0.6 is 0 Å². The van der Waals surface area contributed by atoms with E-state index in [-0.39, 0.29) is 23.8 Å². The van der Waals surface area contributed by atoms with E-state index in [2.05, 4.69) is 0 Å². The lowest BCUT2D eigenvalue weighted by molar-refractivity contribution is -0.138. The molecular weight excluding hydrogens is 328 g/mol. The summed E-state index contributed by atoms with van der Waals surface area (Å²) in [6.45, 7) is 0.869. The second kappa shape index (κ2) is 8.76. The molecule has 8 heteroatoms. The first-order valence-electron chi connectivity index (χ1n) is 7.54. The van der Waals surface area contributed by atoms with Crippen molar-refractivity contribution in [2.45, 2.75) is 25.7 Å². The minimum Gasteiger partial charge on any atom is -0.465 e. The Kier molecular flexibility index (Phi) is 7.01. The number of carbonyl (C=O) groups is 2. The van der Waals surface area contributed by atoms with E-state index in [1.54, 1.807) is 0 Å². The molecule has 0 spiro atoms. The van der Waals surface area contributed by atoms with Crippen molar-refractivity contribution in [2.75, 3.05) is 36.2 Å². The molecule has 0 bridgehead atoms. The third kappa shape index (κ3) is 6.16. The fraction of sp³-hybridized carbons (Fsp3) is 0.857. The average molecular weight is 350 g/mol. The van der Waals surface area contributed by atoms with Crippen LogP contribution in [0.25, 0.3) is 0 Å². The highest BCUT2D eigenvalue weighted by molar-refractivity contribution is 7.88. The molecule has 4 unspecified atom stereocenters. The summed E-state index contributed by atoms with van der Waals surface area (Å²) < 4.78 is 33.5. The van der Waals surface area contributed by atoms with Crippen LogP contribution in [0.4, 0.5) is 0 Å². The molecule has 0 aromatic rings. The summed E-state index contributed by atoms with van der Waals surface area (Å²) >= 11 is 0. The quantitative estimate of drug-likeness (QED) is 0.559. The van der Waals surface area contributed by atoms with Gasteiger partial charge in [-0.1, -0.05) is 0 Å². The normalized spacial score (nSPS) is 27.5. The van der Waals surface area contributed by atoms with E-state index in [1.807, 2.05) is 0 Å². The van der Waals surface area contributed by atoms with Crippen LogP contribution in [0.1, 0.15) is 25.7 Å². The van der Waals surface area contributed by atoms with Gasteiger partial charge in [0.1, 0.15) is 0 Å². The topological polar surface area (TPSA) is 86.7 Å². The molecule has 2 aliphatic rings. The monoisotopic (exact) mass is 350 g/mol. The number of hydrogen-bond donors (Lipinski definition) is 0. The summed E-state index contributed by atoms with van der Waals surface area (Å²) in [7, 11) is -2.00. The van der Waals surface area contributed by atoms with Gasteiger partial charge in [-0.05, 0) is 12.8 Å². The summed E-state index contributed by atoms with van der Waals surface area (Å²) in [5, 5.41) is 0. The molecule has 2 rings (SSSR count). The molecular formula is C14H22O6S2. The zero-order valence-corrected chi connectivity index (χ0v) is 14.1. The average Bonchev–Trinajstić information content (AvgIpc) is 3.09. The Morgan fingerprint density at radius 2 is 1.18 bits per heavy atom. The van der Waals surface area contributed by atoms with E-state index < -0.39 is 21.6 Å². The number of rotatable bonds is 9. The number of ether oxygens (including phenoxy) is 2. The van der Waals surface area contributed by atoms with E-state index in [0.29, 0.717) is 61.9 Å².